The van der Waals surface area contributed by atoms with Crippen molar-refractivity contribution in [2.24, 2.45) is 0 Å². The summed E-state index contributed by atoms with van der Waals surface area (Å²) in [5.74, 6) is 1.81. The van der Waals surface area contributed by atoms with Gasteiger partial charge in [-0.15, -0.1) is 0 Å². The summed E-state index contributed by atoms with van der Waals surface area (Å²) in [4.78, 5) is 26.5. The Balaban J connectivity index is 2.17. The fraction of sp³-hybridized carbons (Fsp3) is 0.688. The molecule has 0 unspecified atom stereocenters. The van der Waals surface area contributed by atoms with E-state index in [2.05, 4.69) is 34.7 Å². The molecule has 0 radical (unpaired) electrons. The average molecular weight is 305 g/mol. The molecule has 22 heavy (non-hydrogen) atoms. The molecule has 1 saturated heterocycles. The summed E-state index contributed by atoms with van der Waals surface area (Å²) in [6.07, 6.45) is 3.14. The summed E-state index contributed by atoms with van der Waals surface area (Å²) in [5, 5.41) is 0. The van der Waals surface area contributed by atoms with Crippen molar-refractivity contribution in [2.75, 3.05) is 49.1 Å². The number of hydrogen-bond acceptors (Lipinski definition) is 5. The second-order valence-electron chi connectivity index (χ2n) is 5.78. The van der Waals surface area contributed by atoms with Crippen LogP contribution in [0.25, 0.3) is 0 Å². The summed E-state index contributed by atoms with van der Waals surface area (Å²) in [6.45, 7) is 11.5. The second kappa shape index (κ2) is 7.96. The number of rotatable bonds is 7. The molecule has 0 aromatic carbocycles. The molecule has 1 aromatic heterocycles. The highest BCUT2D eigenvalue weighted by Gasteiger charge is 2.19. The molecular weight excluding hydrogens is 278 g/mol. The number of aryl methyl sites for hydroxylation is 1. The minimum atomic E-state index is 0.740. The lowest BCUT2D eigenvalue weighted by atomic mass is 10.3. The van der Waals surface area contributed by atoms with E-state index in [4.69, 9.17) is 4.98 Å². The van der Waals surface area contributed by atoms with Gasteiger partial charge in [0.05, 0.1) is 0 Å². The predicted octanol–water partition coefficient (Wildman–Crippen LogP) is 1.69. The maximum absolute atomic E-state index is 10.8. The van der Waals surface area contributed by atoms with Crippen molar-refractivity contribution in [3.8, 4) is 0 Å². The fourth-order valence-electron chi connectivity index (χ4n) is 2.75. The number of anilines is 2. The lowest BCUT2D eigenvalue weighted by Gasteiger charge is -2.33. The smallest absolute Gasteiger partial charge is 0.227 e. The van der Waals surface area contributed by atoms with Gasteiger partial charge in [-0.25, -0.2) is 4.98 Å². The molecule has 0 N–H and O–H groups in total. The molecule has 1 aliphatic heterocycles. The zero-order valence-corrected chi connectivity index (χ0v) is 14.0. The van der Waals surface area contributed by atoms with Crippen LogP contribution in [0.3, 0.4) is 0 Å². The minimum Gasteiger partial charge on any atom is -0.356 e. The van der Waals surface area contributed by atoms with E-state index in [1.807, 2.05) is 6.92 Å². The maximum atomic E-state index is 10.8. The molecule has 1 fully saturated rings. The average Bonchev–Trinajstić information content (AvgIpc) is 2.54. The van der Waals surface area contributed by atoms with Crippen LogP contribution in [0, 0.1) is 6.92 Å². The third kappa shape index (κ3) is 4.08. The predicted molar refractivity (Wildman–Crippen MR) is 89.4 cm³/mol. The van der Waals surface area contributed by atoms with Crippen LogP contribution < -0.4 is 9.80 Å². The fourth-order valence-corrected chi connectivity index (χ4v) is 2.75. The van der Waals surface area contributed by atoms with Crippen LogP contribution in [0.4, 0.5) is 11.8 Å². The Morgan fingerprint density at radius 2 is 1.77 bits per heavy atom. The molecule has 1 aromatic rings. The quantitative estimate of drug-likeness (QED) is 0.718. The Hall–Kier alpha value is -1.85. The van der Waals surface area contributed by atoms with E-state index in [9.17, 15) is 4.79 Å². The Bertz CT molecular complexity index is 479. The van der Waals surface area contributed by atoms with Crippen LogP contribution in [0.1, 0.15) is 32.4 Å². The van der Waals surface area contributed by atoms with E-state index >= 15 is 0 Å². The summed E-state index contributed by atoms with van der Waals surface area (Å²) in [6, 6.07) is 2.07. The molecule has 1 amide bonds. The minimum absolute atomic E-state index is 0.740. The van der Waals surface area contributed by atoms with Gasteiger partial charge in [0.2, 0.25) is 12.4 Å². The highest BCUT2D eigenvalue weighted by Crippen LogP contribution is 2.19. The van der Waals surface area contributed by atoms with Crippen molar-refractivity contribution in [3.63, 3.8) is 0 Å². The van der Waals surface area contributed by atoms with Gasteiger partial charge in [0.15, 0.2) is 0 Å². The number of amides is 1. The third-order valence-electron chi connectivity index (χ3n) is 3.89. The molecule has 6 nitrogen and oxygen atoms in total. The van der Waals surface area contributed by atoms with Crippen LogP contribution in [0.2, 0.25) is 0 Å². The van der Waals surface area contributed by atoms with Crippen molar-refractivity contribution in [3.05, 3.63) is 11.8 Å². The Kier molecular flexibility index (Phi) is 5.98. The molecule has 0 saturated carbocycles. The van der Waals surface area contributed by atoms with Gasteiger partial charge in [0.25, 0.3) is 0 Å². The van der Waals surface area contributed by atoms with E-state index in [1.54, 1.807) is 4.90 Å². The Morgan fingerprint density at radius 3 is 2.32 bits per heavy atom. The number of carbonyl (C=O) groups excluding carboxylic acids is 1. The van der Waals surface area contributed by atoms with Gasteiger partial charge in [0.1, 0.15) is 5.82 Å². The van der Waals surface area contributed by atoms with E-state index in [0.717, 1.165) is 76.0 Å². The number of carbonyl (C=O) groups is 1. The summed E-state index contributed by atoms with van der Waals surface area (Å²) >= 11 is 0. The van der Waals surface area contributed by atoms with Gasteiger partial charge in [-0.3, -0.25) is 4.79 Å². The zero-order chi connectivity index (χ0) is 15.9. The molecule has 0 spiro atoms. The van der Waals surface area contributed by atoms with Crippen LogP contribution in [0.5, 0.6) is 0 Å². The SMILES string of the molecule is CCCN(CCC)c1cc(C)nc(N2CCN(C=O)CC2)n1. The summed E-state index contributed by atoms with van der Waals surface area (Å²) in [7, 11) is 0. The molecule has 0 atom stereocenters. The standard InChI is InChI=1S/C16H27N5O/c1-4-6-20(7-5-2)15-12-14(3)17-16(18-15)21-10-8-19(13-22)9-11-21/h12-13H,4-11H2,1-3H3. The number of aromatic nitrogens is 2. The number of hydrogen-bond donors (Lipinski definition) is 0. The number of piperazine rings is 1. The normalized spacial score (nSPS) is 15.0. The Labute approximate surface area is 133 Å². The molecular formula is C16H27N5O. The van der Waals surface area contributed by atoms with Gasteiger partial charge in [0, 0.05) is 51.0 Å². The molecule has 0 bridgehead atoms. The molecule has 0 aliphatic carbocycles. The first kappa shape index (κ1) is 16.5. The van der Waals surface area contributed by atoms with Crippen molar-refractivity contribution < 1.29 is 4.79 Å². The zero-order valence-electron chi connectivity index (χ0n) is 14.0. The van der Waals surface area contributed by atoms with Crippen molar-refractivity contribution in [1.82, 2.24) is 14.9 Å². The lowest BCUT2D eigenvalue weighted by molar-refractivity contribution is -0.118. The Morgan fingerprint density at radius 1 is 1.14 bits per heavy atom. The van der Waals surface area contributed by atoms with Crippen molar-refractivity contribution in [2.45, 2.75) is 33.6 Å². The number of nitrogens with zero attached hydrogens (tertiary/aromatic N) is 5. The molecule has 2 rings (SSSR count). The van der Waals surface area contributed by atoms with E-state index in [-0.39, 0.29) is 0 Å². The molecule has 6 heteroatoms. The monoisotopic (exact) mass is 305 g/mol. The summed E-state index contributed by atoms with van der Waals surface area (Å²) < 4.78 is 0. The summed E-state index contributed by atoms with van der Waals surface area (Å²) in [5.41, 5.74) is 0.995. The first-order valence-electron chi connectivity index (χ1n) is 8.22. The first-order valence-corrected chi connectivity index (χ1v) is 8.22. The van der Waals surface area contributed by atoms with Crippen LogP contribution in [0.15, 0.2) is 6.07 Å². The van der Waals surface area contributed by atoms with Gasteiger partial charge in [-0.1, -0.05) is 13.8 Å². The van der Waals surface area contributed by atoms with Crippen LogP contribution in [-0.4, -0.2) is 60.5 Å². The van der Waals surface area contributed by atoms with Gasteiger partial charge in [-0.05, 0) is 19.8 Å². The van der Waals surface area contributed by atoms with Gasteiger partial charge < -0.3 is 14.7 Å². The van der Waals surface area contributed by atoms with Crippen LogP contribution in [-0.2, 0) is 4.79 Å². The highest BCUT2D eigenvalue weighted by atomic mass is 16.1. The molecule has 2 heterocycles. The highest BCUT2D eigenvalue weighted by molar-refractivity contribution is 5.49. The second-order valence-corrected chi connectivity index (χ2v) is 5.78. The van der Waals surface area contributed by atoms with E-state index in [0.29, 0.717) is 0 Å². The van der Waals surface area contributed by atoms with Crippen LogP contribution >= 0.6 is 0 Å². The third-order valence-corrected chi connectivity index (χ3v) is 3.89. The van der Waals surface area contributed by atoms with E-state index in [1.165, 1.54) is 0 Å². The van der Waals surface area contributed by atoms with Crippen molar-refractivity contribution in [1.29, 1.82) is 0 Å². The van der Waals surface area contributed by atoms with E-state index < -0.39 is 0 Å². The van der Waals surface area contributed by atoms with Gasteiger partial charge >= 0.3 is 0 Å². The largest absolute Gasteiger partial charge is 0.356 e. The van der Waals surface area contributed by atoms with Crippen molar-refractivity contribution >= 4 is 18.2 Å². The first-order chi connectivity index (χ1) is 10.7. The molecule has 1 aliphatic rings. The maximum Gasteiger partial charge on any atom is 0.227 e. The topological polar surface area (TPSA) is 52.6 Å². The lowest BCUT2D eigenvalue weighted by Crippen LogP contribution is -2.46. The molecule has 122 valence electrons. The van der Waals surface area contributed by atoms with Gasteiger partial charge in [-0.2, -0.15) is 4.98 Å².